The molecule has 78 valence electrons. The molecular weight excluding hydrogens is 193 g/mol. The van der Waals surface area contributed by atoms with E-state index in [1.807, 2.05) is 0 Å². The molecule has 0 fully saturated rings. The maximum Gasteiger partial charge on any atom is 0.419 e. The van der Waals surface area contributed by atoms with Crippen LogP contribution in [-0.4, -0.2) is 45.6 Å². The maximum absolute atomic E-state index is 11.9. The van der Waals surface area contributed by atoms with Crippen LogP contribution in [0.3, 0.4) is 0 Å². The van der Waals surface area contributed by atoms with Gasteiger partial charge in [-0.1, -0.05) is 0 Å². The zero-order valence-electron chi connectivity index (χ0n) is 6.62. The Hall–Kier alpha value is -0.660. The molecule has 4 nitrogen and oxygen atoms in total. The van der Waals surface area contributed by atoms with Crippen LogP contribution in [0.25, 0.3) is 0 Å². The van der Waals surface area contributed by atoms with E-state index in [4.69, 9.17) is 15.3 Å². The normalized spacial score (nSPS) is 21.8. The highest BCUT2D eigenvalue weighted by atomic mass is 19.4. The highest BCUT2D eigenvalue weighted by Gasteiger charge is 2.56. The first-order valence-electron chi connectivity index (χ1n) is 3.25. The predicted molar refractivity (Wildman–Crippen MR) is 34.8 cm³/mol. The van der Waals surface area contributed by atoms with Crippen molar-refractivity contribution in [2.75, 3.05) is 0 Å². The molecule has 3 atom stereocenters. The van der Waals surface area contributed by atoms with E-state index in [1.165, 1.54) is 0 Å². The van der Waals surface area contributed by atoms with Gasteiger partial charge in [-0.3, -0.25) is 0 Å². The average molecular weight is 202 g/mol. The van der Waals surface area contributed by atoms with Crippen molar-refractivity contribution in [1.29, 1.82) is 0 Å². The molecule has 3 N–H and O–H groups in total. The SMILES string of the molecule is CC(O)(C(O)C(O)C=O)C(F)(F)F. The van der Waals surface area contributed by atoms with Gasteiger partial charge in [0.1, 0.15) is 12.2 Å². The van der Waals surface area contributed by atoms with Crippen molar-refractivity contribution in [2.24, 2.45) is 0 Å². The van der Waals surface area contributed by atoms with Crippen LogP contribution in [0.15, 0.2) is 0 Å². The molecule has 0 aliphatic rings. The Morgan fingerprint density at radius 1 is 1.31 bits per heavy atom. The molecule has 0 spiro atoms. The summed E-state index contributed by atoms with van der Waals surface area (Å²) in [7, 11) is 0. The first kappa shape index (κ1) is 12.3. The van der Waals surface area contributed by atoms with E-state index in [-0.39, 0.29) is 13.2 Å². The topological polar surface area (TPSA) is 77.8 Å². The fourth-order valence-corrected chi connectivity index (χ4v) is 0.575. The number of hydrogen-bond acceptors (Lipinski definition) is 4. The second-order valence-corrected chi connectivity index (χ2v) is 2.72. The van der Waals surface area contributed by atoms with Crippen molar-refractivity contribution in [3.8, 4) is 0 Å². The summed E-state index contributed by atoms with van der Waals surface area (Å²) in [5.41, 5.74) is -3.51. The number of aliphatic hydroxyl groups excluding tert-OH is 2. The molecule has 0 aliphatic heterocycles. The summed E-state index contributed by atoms with van der Waals surface area (Å²) < 4.78 is 35.8. The third-order valence-corrected chi connectivity index (χ3v) is 1.61. The van der Waals surface area contributed by atoms with Gasteiger partial charge >= 0.3 is 6.18 Å². The lowest BCUT2D eigenvalue weighted by Gasteiger charge is -2.31. The van der Waals surface area contributed by atoms with Crippen LogP contribution in [0.4, 0.5) is 13.2 Å². The number of alkyl halides is 3. The standard InChI is InChI=1S/C6H9F3O4/c1-5(13,6(7,8)9)4(12)3(11)2-10/h2-4,11-13H,1H3. The summed E-state index contributed by atoms with van der Waals surface area (Å²) in [6, 6.07) is 0. The highest BCUT2D eigenvalue weighted by molar-refractivity contribution is 5.57. The van der Waals surface area contributed by atoms with E-state index in [0.717, 1.165) is 0 Å². The number of hydrogen-bond donors (Lipinski definition) is 3. The van der Waals surface area contributed by atoms with E-state index in [9.17, 15) is 18.0 Å². The van der Waals surface area contributed by atoms with Crippen molar-refractivity contribution in [2.45, 2.75) is 30.9 Å². The van der Waals surface area contributed by atoms with Crippen molar-refractivity contribution < 1.29 is 33.3 Å². The quantitative estimate of drug-likeness (QED) is 0.524. The second-order valence-electron chi connectivity index (χ2n) is 2.72. The minimum Gasteiger partial charge on any atom is -0.387 e. The third kappa shape index (κ3) is 2.39. The Morgan fingerprint density at radius 2 is 1.69 bits per heavy atom. The smallest absolute Gasteiger partial charge is 0.387 e. The number of carbonyl (C=O) groups is 1. The zero-order valence-corrected chi connectivity index (χ0v) is 6.62. The largest absolute Gasteiger partial charge is 0.419 e. The van der Waals surface area contributed by atoms with Crippen LogP contribution in [0.1, 0.15) is 6.92 Å². The Kier molecular flexibility index (Phi) is 3.42. The Bertz CT molecular complexity index is 189. The van der Waals surface area contributed by atoms with Crippen LogP contribution in [0.2, 0.25) is 0 Å². The van der Waals surface area contributed by atoms with E-state index in [1.54, 1.807) is 0 Å². The first-order chi connectivity index (χ1) is 5.64. The summed E-state index contributed by atoms with van der Waals surface area (Å²) in [5.74, 6) is 0. The van der Waals surface area contributed by atoms with Gasteiger partial charge in [-0.05, 0) is 6.92 Å². The minimum atomic E-state index is -5.11. The van der Waals surface area contributed by atoms with Crippen molar-refractivity contribution in [3.63, 3.8) is 0 Å². The lowest BCUT2D eigenvalue weighted by atomic mass is 9.94. The summed E-state index contributed by atoms with van der Waals surface area (Å²) in [5, 5.41) is 26.0. The molecule has 0 radical (unpaired) electrons. The number of aldehydes is 1. The number of rotatable bonds is 3. The molecule has 0 aliphatic carbocycles. The fraction of sp³-hybridized carbons (Fsp3) is 0.833. The molecule has 0 aromatic heterocycles. The number of carbonyl (C=O) groups excluding carboxylic acids is 1. The van der Waals surface area contributed by atoms with E-state index < -0.39 is 24.0 Å². The van der Waals surface area contributed by atoms with Gasteiger partial charge < -0.3 is 20.1 Å². The van der Waals surface area contributed by atoms with Gasteiger partial charge in [-0.2, -0.15) is 13.2 Å². The molecule has 0 saturated carbocycles. The summed E-state index contributed by atoms with van der Waals surface area (Å²) in [6.45, 7) is 0.268. The van der Waals surface area contributed by atoms with Gasteiger partial charge in [0.2, 0.25) is 0 Å². The lowest BCUT2D eigenvalue weighted by molar-refractivity contribution is -0.290. The Morgan fingerprint density at radius 3 is 1.92 bits per heavy atom. The molecule has 0 rings (SSSR count). The molecule has 0 saturated heterocycles. The summed E-state index contributed by atoms with van der Waals surface area (Å²) >= 11 is 0. The second kappa shape index (κ2) is 3.60. The summed E-state index contributed by atoms with van der Waals surface area (Å²) in [4.78, 5) is 9.83. The Balaban J connectivity index is 4.73. The van der Waals surface area contributed by atoms with Crippen LogP contribution in [0.5, 0.6) is 0 Å². The molecule has 0 aromatic rings. The molecule has 0 amide bonds. The van der Waals surface area contributed by atoms with Crippen LogP contribution in [-0.2, 0) is 4.79 Å². The van der Waals surface area contributed by atoms with E-state index in [0.29, 0.717) is 0 Å². The fourth-order valence-electron chi connectivity index (χ4n) is 0.575. The maximum atomic E-state index is 11.9. The number of aliphatic hydroxyl groups is 3. The van der Waals surface area contributed by atoms with Gasteiger partial charge in [0.05, 0.1) is 0 Å². The molecule has 0 bridgehead atoms. The zero-order chi connectivity index (χ0) is 10.9. The van der Waals surface area contributed by atoms with Gasteiger partial charge in [0.25, 0.3) is 0 Å². The van der Waals surface area contributed by atoms with Gasteiger partial charge in [0.15, 0.2) is 11.9 Å². The summed E-state index contributed by atoms with van der Waals surface area (Å²) in [6.07, 6.45) is -10.3. The average Bonchev–Trinajstić information content (AvgIpc) is 1.99. The van der Waals surface area contributed by atoms with Crippen LogP contribution >= 0.6 is 0 Å². The van der Waals surface area contributed by atoms with Gasteiger partial charge in [-0.25, -0.2) is 0 Å². The molecule has 7 heteroatoms. The minimum absolute atomic E-state index is 0.268. The molecule has 3 unspecified atom stereocenters. The molecule has 0 heterocycles. The van der Waals surface area contributed by atoms with Crippen molar-refractivity contribution in [1.82, 2.24) is 0 Å². The van der Waals surface area contributed by atoms with Crippen molar-refractivity contribution >= 4 is 6.29 Å². The monoisotopic (exact) mass is 202 g/mol. The lowest BCUT2D eigenvalue weighted by Crippen LogP contribution is -2.56. The first-order valence-corrected chi connectivity index (χ1v) is 3.25. The molecular formula is C6H9F3O4. The molecule has 13 heavy (non-hydrogen) atoms. The third-order valence-electron chi connectivity index (χ3n) is 1.61. The predicted octanol–water partition coefficient (Wildman–Crippen LogP) is -0.780. The van der Waals surface area contributed by atoms with E-state index >= 15 is 0 Å². The van der Waals surface area contributed by atoms with Crippen LogP contribution in [0, 0.1) is 0 Å². The molecule has 0 aromatic carbocycles. The Labute approximate surface area is 71.6 Å². The van der Waals surface area contributed by atoms with Crippen molar-refractivity contribution in [3.05, 3.63) is 0 Å². The van der Waals surface area contributed by atoms with Crippen LogP contribution < -0.4 is 0 Å². The van der Waals surface area contributed by atoms with E-state index in [2.05, 4.69) is 0 Å². The van der Waals surface area contributed by atoms with Gasteiger partial charge in [-0.15, -0.1) is 0 Å². The van der Waals surface area contributed by atoms with Gasteiger partial charge in [0, 0.05) is 0 Å². The highest BCUT2D eigenvalue weighted by Crippen LogP contribution is 2.33. The number of halogens is 3.